The van der Waals surface area contributed by atoms with Crippen LogP contribution in [0.1, 0.15) is 35.7 Å². The Bertz CT molecular complexity index is 861. The van der Waals surface area contributed by atoms with E-state index in [1.54, 1.807) is 6.08 Å². The van der Waals surface area contributed by atoms with Gasteiger partial charge in [0.15, 0.2) is 12.6 Å². The van der Waals surface area contributed by atoms with Crippen LogP contribution in [0.2, 0.25) is 0 Å². The van der Waals surface area contributed by atoms with Crippen molar-refractivity contribution >= 4 is 11.8 Å². The number of carbonyl (C=O) groups excluding carboxylic acids is 2. The molecule has 29 heavy (non-hydrogen) atoms. The van der Waals surface area contributed by atoms with Gasteiger partial charge >= 0.3 is 5.97 Å². The number of allylic oxidation sites excluding steroid dienone is 2. The topological polar surface area (TPSA) is 71.1 Å². The van der Waals surface area contributed by atoms with Gasteiger partial charge in [-0.05, 0) is 36.8 Å². The van der Waals surface area contributed by atoms with Crippen molar-refractivity contribution in [3.8, 4) is 5.75 Å². The summed E-state index contributed by atoms with van der Waals surface area (Å²) in [5.41, 5.74) is -0.335. The van der Waals surface area contributed by atoms with Gasteiger partial charge < -0.3 is 18.9 Å². The number of benzene rings is 1. The van der Waals surface area contributed by atoms with Gasteiger partial charge in [-0.25, -0.2) is 9.18 Å². The first kappa shape index (κ1) is 21.0. The van der Waals surface area contributed by atoms with Gasteiger partial charge in [0.25, 0.3) is 0 Å². The number of methoxy groups -OCH3 is 2. The smallest absolute Gasteiger partial charge is 0.341 e. The molecule has 0 spiro atoms. The van der Waals surface area contributed by atoms with E-state index in [9.17, 15) is 14.0 Å². The Balaban J connectivity index is 1.94. The first-order valence-corrected chi connectivity index (χ1v) is 9.44. The van der Waals surface area contributed by atoms with E-state index in [0.29, 0.717) is 24.2 Å². The minimum Gasteiger partial charge on any atom is -0.496 e. The van der Waals surface area contributed by atoms with E-state index in [-0.39, 0.29) is 42.1 Å². The van der Waals surface area contributed by atoms with Crippen molar-refractivity contribution < 1.29 is 32.9 Å². The van der Waals surface area contributed by atoms with Crippen LogP contribution < -0.4 is 4.74 Å². The quantitative estimate of drug-likeness (QED) is 0.511. The number of hydrogen-bond acceptors (Lipinski definition) is 6. The van der Waals surface area contributed by atoms with Crippen molar-refractivity contribution in [2.75, 3.05) is 21.0 Å². The van der Waals surface area contributed by atoms with Crippen molar-refractivity contribution in [3.05, 3.63) is 53.6 Å². The third-order valence-electron chi connectivity index (χ3n) is 5.72. The highest BCUT2D eigenvalue weighted by molar-refractivity contribution is 5.94. The summed E-state index contributed by atoms with van der Waals surface area (Å²) in [6.07, 6.45) is 4.44. The maximum Gasteiger partial charge on any atom is 0.341 e. The van der Waals surface area contributed by atoms with E-state index < -0.39 is 17.4 Å². The second-order valence-electron chi connectivity index (χ2n) is 7.37. The van der Waals surface area contributed by atoms with Crippen molar-refractivity contribution in [2.24, 2.45) is 11.8 Å². The lowest BCUT2D eigenvalue weighted by atomic mass is 9.71. The molecule has 0 unspecified atom stereocenters. The van der Waals surface area contributed by atoms with Gasteiger partial charge in [0.05, 0.1) is 14.2 Å². The molecular weight excluding hydrogens is 379 g/mol. The Kier molecular flexibility index (Phi) is 6.07. The molecule has 2 aliphatic rings. The fraction of sp³-hybridized carbons (Fsp3) is 0.455. The molecule has 3 atom stereocenters. The van der Waals surface area contributed by atoms with Crippen LogP contribution in [0, 0.1) is 17.7 Å². The summed E-state index contributed by atoms with van der Waals surface area (Å²) in [5, 5.41) is 0. The van der Waals surface area contributed by atoms with E-state index in [0.717, 1.165) is 0 Å². The van der Waals surface area contributed by atoms with Crippen LogP contribution in [0.4, 0.5) is 4.39 Å². The summed E-state index contributed by atoms with van der Waals surface area (Å²) in [5.74, 6) is -0.994. The fourth-order valence-corrected chi connectivity index (χ4v) is 4.10. The molecule has 1 aliphatic carbocycles. The maximum absolute atomic E-state index is 14.7. The summed E-state index contributed by atoms with van der Waals surface area (Å²) in [6, 6.07) is 2.63. The second kappa shape index (κ2) is 8.37. The zero-order valence-electron chi connectivity index (χ0n) is 16.8. The van der Waals surface area contributed by atoms with Crippen LogP contribution in [-0.4, -0.2) is 38.4 Å². The molecule has 1 aliphatic heterocycles. The third kappa shape index (κ3) is 3.79. The summed E-state index contributed by atoms with van der Waals surface area (Å²) >= 11 is 0. The Hall–Kier alpha value is -2.67. The molecule has 1 saturated heterocycles. The molecule has 1 heterocycles. The summed E-state index contributed by atoms with van der Waals surface area (Å²) in [6.45, 7) is 5.69. The van der Waals surface area contributed by atoms with Gasteiger partial charge in [0, 0.05) is 18.1 Å². The van der Waals surface area contributed by atoms with Crippen LogP contribution in [-0.2, 0) is 25.4 Å². The zero-order valence-corrected chi connectivity index (χ0v) is 16.8. The molecule has 1 fully saturated rings. The number of ketones is 1. The lowest BCUT2D eigenvalue weighted by molar-refractivity contribution is -0.123. The normalized spacial score (nSPS) is 24.2. The molecule has 0 N–H and O–H groups in total. The fourth-order valence-electron chi connectivity index (χ4n) is 4.10. The maximum atomic E-state index is 14.7. The molecule has 0 radical (unpaired) electrons. The van der Waals surface area contributed by atoms with Gasteiger partial charge in [0.2, 0.25) is 0 Å². The molecule has 0 aromatic heterocycles. The van der Waals surface area contributed by atoms with Crippen molar-refractivity contribution in [1.29, 1.82) is 0 Å². The predicted molar refractivity (Wildman–Crippen MR) is 103 cm³/mol. The molecule has 0 bridgehead atoms. The molecule has 0 saturated carbocycles. The van der Waals surface area contributed by atoms with Crippen LogP contribution >= 0.6 is 0 Å². The molecule has 6 nitrogen and oxygen atoms in total. The predicted octanol–water partition coefficient (Wildman–Crippen LogP) is 3.59. The first-order valence-electron chi connectivity index (χ1n) is 9.44. The van der Waals surface area contributed by atoms with E-state index in [2.05, 4.69) is 6.58 Å². The lowest BCUT2D eigenvalue weighted by Crippen LogP contribution is -2.45. The Morgan fingerprint density at radius 3 is 2.86 bits per heavy atom. The number of fused-ring (bicyclic) bond motifs is 1. The molecular formula is C22H25FO6. The number of ether oxygens (including phenoxy) is 4. The van der Waals surface area contributed by atoms with Gasteiger partial charge in [-0.1, -0.05) is 13.0 Å². The van der Waals surface area contributed by atoms with Crippen LogP contribution in [0.15, 0.2) is 36.6 Å². The van der Waals surface area contributed by atoms with E-state index >= 15 is 0 Å². The summed E-state index contributed by atoms with van der Waals surface area (Å²) in [7, 11) is 2.62. The van der Waals surface area contributed by atoms with E-state index in [1.165, 1.54) is 32.4 Å². The number of carbonyl (C=O) groups is 2. The van der Waals surface area contributed by atoms with Gasteiger partial charge in [-0.3, -0.25) is 4.79 Å². The molecule has 0 amide bonds. The van der Waals surface area contributed by atoms with Crippen LogP contribution in [0.3, 0.4) is 0 Å². The average Bonchev–Trinajstić information content (AvgIpc) is 3.12. The molecule has 7 heteroatoms. The monoisotopic (exact) mass is 404 g/mol. The number of hydrogen-bond donors (Lipinski definition) is 0. The summed E-state index contributed by atoms with van der Waals surface area (Å²) in [4.78, 5) is 24.4. The second-order valence-corrected chi connectivity index (χ2v) is 7.37. The zero-order chi connectivity index (χ0) is 21.2. The van der Waals surface area contributed by atoms with Gasteiger partial charge in [-0.2, -0.15) is 0 Å². The number of rotatable bonds is 7. The first-order chi connectivity index (χ1) is 13.9. The Morgan fingerprint density at radius 1 is 1.45 bits per heavy atom. The largest absolute Gasteiger partial charge is 0.496 e. The highest BCUT2D eigenvalue weighted by atomic mass is 19.1. The Labute approximate surface area is 169 Å². The SMILES string of the molecule is C=CC[C@H]1C[C@]2([C@H](C)Cc3cc(C(=O)OC)c(OC)cc3F)OCOC2=CC1=O. The highest BCUT2D eigenvalue weighted by Gasteiger charge is 2.51. The lowest BCUT2D eigenvalue weighted by Gasteiger charge is -2.38. The Morgan fingerprint density at radius 2 is 2.21 bits per heavy atom. The molecule has 1 aromatic carbocycles. The van der Waals surface area contributed by atoms with Gasteiger partial charge in [-0.15, -0.1) is 6.58 Å². The standard InChI is InChI=1S/C22H25FO6/c1-5-6-14-11-22(20(10-18(14)24)28-12-29-22)13(2)7-15-8-16(21(25)27-4)19(26-3)9-17(15)23/h5,8-10,13-14H,1,6-7,11-12H2,2-4H3/t13-,14+,22-/m1/s1. The third-order valence-corrected chi connectivity index (χ3v) is 5.72. The summed E-state index contributed by atoms with van der Waals surface area (Å²) < 4.78 is 36.1. The minimum atomic E-state index is -0.820. The molecule has 3 rings (SSSR count). The highest BCUT2D eigenvalue weighted by Crippen LogP contribution is 2.46. The van der Waals surface area contributed by atoms with Crippen LogP contribution in [0.5, 0.6) is 5.75 Å². The van der Waals surface area contributed by atoms with Crippen molar-refractivity contribution in [3.63, 3.8) is 0 Å². The van der Waals surface area contributed by atoms with E-state index in [4.69, 9.17) is 18.9 Å². The van der Waals surface area contributed by atoms with Crippen LogP contribution in [0.25, 0.3) is 0 Å². The molecule has 1 aromatic rings. The van der Waals surface area contributed by atoms with E-state index in [1.807, 2.05) is 6.92 Å². The molecule has 156 valence electrons. The van der Waals surface area contributed by atoms with Crippen molar-refractivity contribution in [2.45, 2.75) is 31.8 Å². The minimum absolute atomic E-state index is 0.0168. The number of esters is 1. The number of halogens is 1. The van der Waals surface area contributed by atoms with Gasteiger partial charge in [0.1, 0.15) is 28.5 Å². The average molecular weight is 404 g/mol. The van der Waals surface area contributed by atoms with Crippen molar-refractivity contribution in [1.82, 2.24) is 0 Å².